The lowest BCUT2D eigenvalue weighted by molar-refractivity contribution is -0.134. The monoisotopic (exact) mass is 224 g/mol. The van der Waals surface area contributed by atoms with Crippen LogP contribution in [0.3, 0.4) is 0 Å². The topological polar surface area (TPSA) is 62.6 Å². The number of carbonyl (C=O) groups excluding carboxylic acids is 1. The summed E-state index contributed by atoms with van der Waals surface area (Å²) in [5.41, 5.74) is -0.735. The van der Waals surface area contributed by atoms with Crippen molar-refractivity contribution in [3.63, 3.8) is 0 Å². The molecule has 1 aliphatic carbocycles. The van der Waals surface area contributed by atoms with E-state index in [9.17, 15) is 4.79 Å². The molecule has 1 saturated heterocycles. The van der Waals surface area contributed by atoms with Gasteiger partial charge in [0.15, 0.2) is 0 Å². The largest absolute Gasteiger partial charge is 0.377 e. The van der Waals surface area contributed by atoms with Crippen LogP contribution in [-0.2, 0) is 14.3 Å². The van der Waals surface area contributed by atoms with E-state index in [1.165, 1.54) is 0 Å². The average Bonchev–Trinajstić information content (AvgIpc) is 3.01. The van der Waals surface area contributed by atoms with Gasteiger partial charge in [-0.25, -0.2) is 0 Å². The molecule has 1 saturated carbocycles. The fourth-order valence-electron chi connectivity index (χ4n) is 2.16. The van der Waals surface area contributed by atoms with E-state index >= 15 is 0 Å². The van der Waals surface area contributed by atoms with Crippen LogP contribution in [0.15, 0.2) is 0 Å². The summed E-state index contributed by atoms with van der Waals surface area (Å²) in [7, 11) is 3.23. The number of rotatable bonds is 3. The van der Waals surface area contributed by atoms with Gasteiger partial charge in [0.05, 0.1) is 6.07 Å². The highest BCUT2D eigenvalue weighted by molar-refractivity contribution is 5.88. The van der Waals surface area contributed by atoms with E-state index in [0.717, 1.165) is 0 Å². The molecule has 0 aromatic heterocycles. The van der Waals surface area contributed by atoms with E-state index in [1.807, 2.05) is 0 Å². The highest BCUT2D eigenvalue weighted by Crippen LogP contribution is 2.47. The molecule has 16 heavy (non-hydrogen) atoms. The number of hydrogen-bond donors (Lipinski definition) is 0. The van der Waals surface area contributed by atoms with Crippen LogP contribution in [0.2, 0.25) is 0 Å². The van der Waals surface area contributed by atoms with Crippen molar-refractivity contribution in [2.45, 2.75) is 25.0 Å². The van der Waals surface area contributed by atoms with Gasteiger partial charge in [0, 0.05) is 27.3 Å². The molecule has 0 spiro atoms. The van der Waals surface area contributed by atoms with Gasteiger partial charge in [-0.05, 0) is 12.8 Å². The normalized spacial score (nSPS) is 31.2. The van der Waals surface area contributed by atoms with Gasteiger partial charge >= 0.3 is 0 Å². The molecule has 0 bridgehead atoms. The first-order chi connectivity index (χ1) is 7.66. The molecule has 2 fully saturated rings. The van der Waals surface area contributed by atoms with E-state index in [4.69, 9.17) is 14.7 Å². The van der Waals surface area contributed by atoms with Gasteiger partial charge in [-0.1, -0.05) is 0 Å². The van der Waals surface area contributed by atoms with Crippen molar-refractivity contribution < 1.29 is 14.3 Å². The summed E-state index contributed by atoms with van der Waals surface area (Å²) >= 11 is 0. The van der Waals surface area contributed by atoms with Gasteiger partial charge in [0.25, 0.3) is 0 Å². The first kappa shape index (κ1) is 11.4. The van der Waals surface area contributed by atoms with E-state index in [1.54, 1.807) is 19.1 Å². The molecule has 1 aliphatic heterocycles. The van der Waals surface area contributed by atoms with Crippen LogP contribution >= 0.6 is 0 Å². The number of hydrogen-bond acceptors (Lipinski definition) is 4. The molecule has 5 heteroatoms. The molecule has 0 radical (unpaired) electrons. The molecule has 0 aromatic rings. The van der Waals surface area contributed by atoms with E-state index in [2.05, 4.69) is 6.07 Å². The minimum atomic E-state index is -0.735. The number of methoxy groups -OCH3 is 2. The fourth-order valence-corrected chi connectivity index (χ4v) is 2.16. The van der Waals surface area contributed by atoms with Crippen molar-refractivity contribution in [3.8, 4) is 6.07 Å². The Bertz CT molecular complexity index is 321. The maximum atomic E-state index is 12.1. The second kappa shape index (κ2) is 4.04. The van der Waals surface area contributed by atoms with Crippen molar-refractivity contribution in [1.82, 2.24) is 4.90 Å². The first-order valence-corrected chi connectivity index (χ1v) is 5.43. The minimum absolute atomic E-state index is 0.0587. The van der Waals surface area contributed by atoms with E-state index in [-0.39, 0.29) is 18.1 Å². The van der Waals surface area contributed by atoms with Crippen LogP contribution in [-0.4, -0.2) is 50.3 Å². The van der Waals surface area contributed by atoms with Crippen LogP contribution < -0.4 is 0 Å². The molecule has 1 amide bonds. The maximum Gasteiger partial charge on any atom is 0.243 e. The predicted molar refractivity (Wildman–Crippen MR) is 55.5 cm³/mol. The number of ether oxygens (including phenoxy) is 2. The number of carbonyl (C=O) groups is 1. The standard InChI is InChI=1S/C11H16N2O3/c1-15-8-5-13(6-9(8)16-2)10(14)11(7-12)3-4-11/h8-9H,3-6H2,1-2H3. The molecule has 2 rings (SSSR count). The van der Waals surface area contributed by atoms with Crippen LogP contribution in [0.5, 0.6) is 0 Å². The third-order valence-electron chi connectivity index (χ3n) is 3.48. The predicted octanol–water partition coefficient (Wildman–Crippen LogP) is 0.162. The second-order valence-corrected chi connectivity index (χ2v) is 4.45. The summed E-state index contributed by atoms with van der Waals surface area (Å²) in [4.78, 5) is 13.8. The van der Waals surface area contributed by atoms with Gasteiger partial charge < -0.3 is 14.4 Å². The van der Waals surface area contributed by atoms with Gasteiger partial charge in [0.1, 0.15) is 17.6 Å². The van der Waals surface area contributed by atoms with Crippen molar-refractivity contribution in [3.05, 3.63) is 0 Å². The lowest BCUT2D eigenvalue weighted by Gasteiger charge is -2.18. The summed E-state index contributed by atoms with van der Waals surface area (Å²) < 4.78 is 10.5. The third-order valence-corrected chi connectivity index (χ3v) is 3.48. The van der Waals surface area contributed by atoms with E-state index < -0.39 is 5.41 Å². The molecule has 88 valence electrons. The van der Waals surface area contributed by atoms with Crippen LogP contribution in [0, 0.1) is 16.7 Å². The molecule has 0 N–H and O–H groups in total. The summed E-state index contributed by atoms with van der Waals surface area (Å²) in [6, 6.07) is 2.12. The summed E-state index contributed by atoms with van der Waals surface area (Å²) in [6.45, 7) is 1.05. The Morgan fingerprint density at radius 3 is 2.12 bits per heavy atom. The molecule has 0 aromatic carbocycles. The number of nitriles is 1. The lowest BCUT2D eigenvalue weighted by atomic mass is 10.1. The third kappa shape index (κ3) is 1.68. The Kier molecular flexibility index (Phi) is 2.87. The highest BCUT2D eigenvalue weighted by Gasteiger charge is 2.54. The molecular formula is C11H16N2O3. The van der Waals surface area contributed by atoms with E-state index in [0.29, 0.717) is 25.9 Å². The summed E-state index contributed by atoms with van der Waals surface area (Å²) in [5, 5.41) is 8.97. The Morgan fingerprint density at radius 1 is 1.31 bits per heavy atom. The zero-order chi connectivity index (χ0) is 11.8. The van der Waals surface area contributed by atoms with Crippen molar-refractivity contribution in [1.29, 1.82) is 5.26 Å². The molecule has 5 nitrogen and oxygen atoms in total. The van der Waals surface area contributed by atoms with Gasteiger partial charge in [0.2, 0.25) is 5.91 Å². The zero-order valence-corrected chi connectivity index (χ0v) is 9.60. The van der Waals surface area contributed by atoms with Crippen LogP contribution in [0.1, 0.15) is 12.8 Å². The summed E-state index contributed by atoms with van der Waals surface area (Å²) in [6.07, 6.45) is 1.22. The fraction of sp³-hybridized carbons (Fsp3) is 0.818. The smallest absolute Gasteiger partial charge is 0.243 e. The van der Waals surface area contributed by atoms with Crippen LogP contribution in [0.25, 0.3) is 0 Å². The lowest BCUT2D eigenvalue weighted by Crippen LogP contribution is -2.36. The van der Waals surface area contributed by atoms with Crippen molar-refractivity contribution in [2.24, 2.45) is 5.41 Å². The SMILES string of the molecule is COC1CN(C(=O)C2(C#N)CC2)CC1OC. The zero-order valence-electron chi connectivity index (χ0n) is 9.60. The average molecular weight is 224 g/mol. The number of amides is 1. The Hall–Kier alpha value is -1.12. The molecule has 2 atom stereocenters. The highest BCUT2D eigenvalue weighted by atomic mass is 16.5. The minimum Gasteiger partial charge on any atom is -0.377 e. The Labute approximate surface area is 94.9 Å². The molecule has 2 aliphatic rings. The van der Waals surface area contributed by atoms with Crippen molar-refractivity contribution in [2.75, 3.05) is 27.3 Å². The van der Waals surface area contributed by atoms with Crippen LogP contribution in [0.4, 0.5) is 0 Å². The van der Waals surface area contributed by atoms with Crippen molar-refractivity contribution >= 4 is 5.91 Å². The number of likely N-dealkylation sites (tertiary alicyclic amines) is 1. The first-order valence-electron chi connectivity index (χ1n) is 5.43. The second-order valence-electron chi connectivity index (χ2n) is 4.45. The van der Waals surface area contributed by atoms with Gasteiger partial charge in [-0.2, -0.15) is 5.26 Å². The Balaban J connectivity index is 2.03. The summed E-state index contributed by atoms with van der Waals surface area (Å²) in [5.74, 6) is -0.0587. The maximum absolute atomic E-state index is 12.1. The molecule has 1 heterocycles. The van der Waals surface area contributed by atoms with Gasteiger partial charge in [-0.3, -0.25) is 4.79 Å². The quantitative estimate of drug-likeness (QED) is 0.685. The number of nitrogens with zero attached hydrogens (tertiary/aromatic N) is 2. The molecular weight excluding hydrogens is 208 g/mol. The Morgan fingerprint density at radius 2 is 1.81 bits per heavy atom. The molecule has 2 unspecified atom stereocenters. The van der Waals surface area contributed by atoms with Gasteiger partial charge in [-0.15, -0.1) is 0 Å².